The molecule has 0 radical (unpaired) electrons. The lowest BCUT2D eigenvalue weighted by molar-refractivity contribution is 0.0730. The predicted molar refractivity (Wildman–Crippen MR) is 92.5 cm³/mol. The Labute approximate surface area is 144 Å². The van der Waals surface area contributed by atoms with Crippen LogP contribution in [-0.2, 0) is 14.8 Å². The summed E-state index contributed by atoms with van der Waals surface area (Å²) in [6.45, 7) is 4.24. The molecule has 1 fully saturated rings. The summed E-state index contributed by atoms with van der Waals surface area (Å²) < 4.78 is 31.9. The molecule has 24 heavy (non-hydrogen) atoms. The van der Waals surface area contributed by atoms with E-state index in [1.165, 1.54) is 16.4 Å². The topological polar surface area (TPSA) is 75.7 Å². The summed E-state index contributed by atoms with van der Waals surface area (Å²) in [4.78, 5) is 12.3. The molecule has 1 saturated heterocycles. The van der Waals surface area contributed by atoms with Crippen LogP contribution in [0.15, 0.2) is 29.2 Å². The summed E-state index contributed by atoms with van der Waals surface area (Å²) in [7, 11) is -3.58. The minimum absolute atomic E-state index is 0.156. The summed E-state index contributed by atoms with van der Waals surface area (Å²) in [5, 5.41) is 2.85. The molecule has 0 saturated carbocycles. The molecule has 134 valence electrons. The number of unbranched alkanes of at least 4 members (excludes halogenated alkanes) is 3. The fourth-order valence-corrected chi connectivity index (χ4v) is 4.04. The zero-order valence-electron chi connectivity index (χ0n) is 14.2. The van der Waals surface area contributed by atoms with Crippen molar-refractivity contribution >= 4 is 15.9 Å². The second-order valence-electron chi connectivity index (χ2n) is 5.86. The predicted octanol–water partition coefficient (Wildman–Crippen LogP) is 2.02. The van der Waals surface area contributed by atoms with Crippen molar-refractivity contribution in [3.05, 3.63) is 29.8 Å². The molecule has 1 aromatic carbocycles. The number of benzene rings is 1. The minimum Gasteiger partial charge on any atom is -0.379 e. The number of carbonyl (C=O) groups is 1. The van der Waals surface area contributed by atoms with E-state index in [9.17, 15) is 13.2 Å². The maximum absolute atomic E-state index is 12.6. The van der Waals surface area contributed by atoms with Crippen LogP contribution in [0.5, 0.6) is 0 Å². The van der Waals surface area contributed by atoms with Crippen LogP contribution >= 0.6 is 0 Å². The molecule has 1 heterocycles. The molecule has 1 aromatic rings. The summed E-state index contributed by atoms with van der Waals surface area (Å²) in [5.74, 6) is -0.231. The van der Waals surface area contributed by atoms with Gasteiger partial charge >= 0.3 is 0 Å². The van der Waals surface area contributed by atoms with Crippen LogP contribution in [0.25, 0.3) is 0 Å². The van der Waals surface area contributed by atoms with Crippen molar-refractivity contribution in [1.82, 2.24) is 9.62 Å². The number of nitrogens with zero attached hydrogens (tertiary/aromatic N) is 1. The Balaban J connectivity index is 2.01. The number of rotatable bonds is 8. The lowest BCUT2D eigenvalue weighted by atomic mass is 10.2. The number of hydrogen-bond donors (Lipinski definition) is 1. The van der Waals surface area contributed by atoms with E-state index in [-0.39, 0.29) is 10.8 Å². The van der Waals surface area contributed by atoms with Crippen LogP contribution in [-0.4, -0.2) is 51.5 Å². The van der Waals surface area contributed by atoms with Gasteiger partial charge in [0.05, 0.1) is 18.1 Å². The Morgan fingerprint density at radius 1 is 1.21 bits per heavy atom. The molecule has 7 heteroatoms. The first-order valence-electron chi connectivity index (χ1n) is 8.52. The average Bonchev–Trinajstić information content (AvgIpc) is 2.62. The lowest BCUT2D eigenvalue weighted by Gasteiger charge is -2.26. The van der Waals surface area contributed by atoms with Crippen molar-refractivity contribution in [3.8, 4) is 0 Å². The van der Waals surface area contributed by atoms with Gasteiger partial charge in [-0.15, -0.1) is 0 Å². The van der Waals surface area contributed by atoms with E-state index in [0.717, 1.165) is 25.7 Å². The van der Waals surface area contributed by atoms with Gasteiger partial charge in [-0.05, 0) is 24.6 Å². The van der Waals surface area contributed by atoms with Crippen molar-refractivity contribution in [2.24, 2.45) is 0 Å². The molecule has 1 amide bonds. The number of morpholine rings is 1. The molecule has 1 aliphatic rings. The fraction of sp³-hybridized carbons (Fsp3) is 0.588. The Morgan fingerprint density at radius 3 is 2.67 bits per heavy atom. The second kappa shape index (κ2) is 9.15. The van der Waals surface area contributed by atoms with Crippen molar-refractivity contribution in [3.63, 3.8) is 0 Å². The van der Waals surface area contributed by atoms with Gasteiger partial charge in [0.25, 0.3) is 5.91 Å². The second-order valence-corrected chi connectivity index (χ2v) is 7.80. The monoisotopic (exact) mass is 354 g/mol. The summed E-state index contributed by atoms with van der Waals surface area (Å²) in [6.07, 6.45) is 4.33. The van der Waals surface area contributed by atoms with Gasteiger partial charge in [0.15, 0.2) is 0 Å². The molecule has 1 N–H and O–H groups in total. The number of nitrogens with one attached hydrogen (secondary N) is 1. The van der Waals surface area contributed by atoms with E-state index in [2.05, 4.69) is 12.2 Å². The number of hydrogen-bond acceptors (Lipinski definition) is 4. The standard InChI is InChI=1S/C17H26N2O4S/c1-2-3-4-5-9-18-17(20)15-7-6-8-16(14-15)24(21,22)19-10-12-23-13-11-19/h6-8,14H,2-5,9-13H2,1H3,(H,18,20). The Morgan fingerprint density at radius 2 is 1.96 bits per heavy atom. The van der Waals surface area contributed by atoms with Crippen LogP contribution < -0.4 is 5.32 Å². The van der Waals surface area contributed by atoms with Gasteiger partial charge in [0, 0.05) is 25.2 Å². The third kappa shape index (κ3) is 5.03. The summed E-state index contributed by atoms with van der Waals surface area (Å²) in [5.41, 5.74) is 0.375. The van der Waals surface area contributed by atoms with E-state index in [1.54, 1.807) is 12.1 Å². The molecule has 0 aliphatic carbocycles. The van der Waals surface area contributed by atoms with E-state index in [1.807, 2.05) is 0 Å². The molecule has 0 spiro atoms. The van der Waals surface area contributed by atoms with E-state index >= 15 is 0 Å². The van der Waals surface area contributed by atoms with E-state index in [0.29, 0.717) is 38.4 Å². The van der Waals surface area contributed by atoms with Gasteiger partial charge < -0.3 is 10.1 Å². The highest BCUT2D eigenvalue weighted by Gasteiger charge is 2.26. The lowest BCUT2D eigenvalue weighted by Crippen LogP contribution is -2.40. The highest BCUT2D eigenvalue weighted by Crippen LogP contribution is 2.18. The number of sulfonamides is 1. The quantitative estimate of drug-likeness (QED) is 0.725. The molecule has 1 aliphatic heterocycles. The van der Waals surface area contributed by atoms with Gasteiger partial charge in [-0.1, -0.05) is 32.3 Å². The normalized spacial score (nSPS) is 16.0. The molecule has 0 atom stereocenters. The molecule has 2 rings (SSSR count). The zero-order valence-corrected chi connectivity index (χ0v) is 15.0. The summed E-state index contributed by atoms with van der Waals surface area (Å²) >= 11 is 0. The van der Waals surface area contributed by atoms with Crippen molar-refractivity contribution in [2.75, 3.05) is 32.8 Å². The van der Waals surface area contributed by atoms with Crippen LogP contribution in [0.4, 0.5) is 0 Å². The van der Waals surface area contributed by atoms with Crippen molar-refractivity contribution in [2.45, 2.75) is 37.5 Å². The van der Waals surface area contributed by atoms with Gasteiger partial charge in [-0.25, -0.2) is 8.42 Å². The molecule has 0 bridgehead atoms. The highest BCUT2D eigenvalue weighted by atomic mass is 32.2. The molecular weight excluding hydrogens is 328 g/mol. The summed E-state index contributed by atoms with van der Waals surface area (Å²) in [6, 6.07) is 6.23. The first-order valence-corrected chi connectivity index (χ1v) is 9.96. The highest BCUT2D eigenvalue weighted by molar-refractivity contribution is 7.89. The van der Waals surface area contributed by atoms with E-state index < -0.39 is 10.0 Å². The third-order valence-electron chi connectivity index (χ3n) is 4.02. The van der Waals surface area contributed by atoms with Crippen molar-refractivity contribution in [1.29, 1.82) is 0 Å². The van der Waals surface area contributed by atoms with Gasteiger partial charge in [-0.3, -0.25) is 4.79 Å². The number of amides is 1. The smallest absolute Gasteiger partial charge is 0.251 e. The number of ether oxygens (including phenoxy) is 1. The molecule has 0 aromatic heterocycles. The molecule has 0 unspecified atom stereocenters. The molecule has 6 nitrogen and oxygen atoms in total. The SMILES string of the molecule is CCCCCCNC(=O)c1cccc(S(=O)(=O)N2CCOCC2)c1. The average molecular weight is 354 g/mol. The Bertz CT molecular complexity index is 640. The minimum atomic E-state index is -3.58. The maximum atomic E-state index is 12.6. The van der Waals surface area contributed by atoms with Crippen LogP contribution in [0, 0.1) is 0 Å². The largest absolute Gasteiger partial charge is 0.379 e. The van der Waals surface area contributed by atoms with Crippen LogP contribution in [0.2, 0.25) is 0 Å². The van der Waals surface area contributed by atoms with Gasteiger partial charge in [0.1, 0.15) is 0 Å². The van der Waals surface area contributed by atoms with Gasteiger partial charge in [0.2, 0.25) is 10.0 Å². The van der Waals surface area contributed by atoms with E-state index in [4.69, 9.17) is 4.74 Å². The number of carbonyl (C=O) groups excluding carboxylic acids is 1. The molecular formula is C17H26N2O4S. The Kier molecular flexibility index (Phi) is 7.20. The Hall–Kier alpha value is -1.44. The first kappa shape index (κ1) is 18.9. The van der Waals surface area contributed by atoms with Crippen LogP contribution in [0.1, 0.15) is 43.0 Å². The van der Waals surface area contributed by atoms with Crippen LogP contribution in [0.3, 0.4) is 0 Å². The maximum Gasteiger partial charge on any atom is 0.251 e. The first-order chi connectivity index (χ1) is 11.6. The fourth-order valence-electron chi connectivity index (χ4n) is 2.59. The van der Waals surface area contributed by atoms with Gasteiger partial charge in [-0.2, -0.15) is 4.31 Å². The third-order valence-corrected chi connectivity index (χ3v) is 5.91. The zero-order chi connectivity index (χ0) is 17.4. The van der Waals surface area contributed by atoms with Crippen molar-refractivity contribution < 1.29 is 17.9 Å².